The number of benzene rings is 2. The Kier molecular flexibility index (Phi) is 4.97. The SMILES string of the molecule is C/C(C#[N+]NS(=O)(=O)c1ccc(C)cc1)=C\c1ccccc1. The van der Waals surface area contributed by atoms with E-state index in [1.807, 2.05) is 43.3 Å². The molecule has 0 aliphatic heterocycles. The summed E-state index contributed by atoms with van der Waals surface area (Å²) in [7, 11) is -3.65. The standard InChI is InChI=1S/C17H17N2O2S/c1-14-8-10-17(11-9-14)22(20,21)19-18-13-15(2)12-16-6-4-3-5-7-16/h3-12,19H,1-2H3/q+1/b15-12+. The summed E-state index contributed by atoms with van der Waals surface area (Å²) in [6, 6.07) is 18.9. The maximum atomic E-state index is 12.0. The van der Waals surface area contributed by atoms with Gasteiger partial charge >= 0.3 is 16.1 Å². The van der Waals surface area contributed by atoms with Crippen LogP contribution in [0.1, 0.15) is 18.1 Å². The molecule has 2 aromatic rings. The van der Waals surface area contributed by atoms with Crippen molar-refractivity contribution in [3.8, 4) is 6.07 Å². The number of aryl methyl sites for hydroxylation is 1. The van der Waals surface area contributed by atoms with E-state index < -0.39 is 10.0 Å². The lowest BCUT2D eigenvalue weighted by atomic mass is 10.1. The molecule has 2 aromatic carbocycles. The van der Waals surface area contributed by atoms with E-state index in [9.17, 15) is 8.42 Å². The molecule has 0 bridgehead atoms. The second kappa shape index (κ2) is 6.92. The molecule has 0 aromatic heterocycles. The van der Waals surface area contributed by atoms with E-state index in [-0.39, 0.29) is 4.90 Å². The Hall–Kier alpha value is -2.58. The number of allylic oxidation sites excluding steroid dienone is 1. The Morgan fingerprint density at radius 2 is 1.73 bits per heavy atom. The first-order valence-corrected chi connectivity index (χ1v) is 8.23. The largest absolute Gasteiger partial charge is 0.353 e. The topological polar surface area (TPSA) is 50.5 Å². The number of nitrogens with zero attached hydrogens (tertiary/aromatic N) is 1. The molecule has 0 radical (unpaired) electrons. The van der Waals surface area contributed by atoms with Crippen LogP contribution in [0.5, 0.6) is 0 Å². The van der Waals surface area contributed by atoms with Crippen molar-refractivity contribution in [1.82, 2.24) is 4.83 Å². The third-order valence-corrected chi connectivity index (χ3v) is 4.14. The zero-order valence-electron chi connectivity index (χ0n) is 12.4. The molecule has 0 amide bonds. The van der Waals surface area contributed by atoms with Gasteiger partial charge < -0.3 is 0 Å². The molecule has 0 atom stereocenters. The Morgan fingerprint density at radius 1 is 1.09 bits per heavy atom. The summed E-state index contributed by atoms with van der Waals surface area (Å²) >= 11 is 0. The van der Waals surface area contributed by atoms with Crippen LogP contribution in [0.3, 0.4) is 0 Å². The summed E-state index contributed by atoms with van der Waals surface area (Å²) in [6.07, 6.45) is 1.86. The lowest BCUT2D eigenvalue weighted by molar-refractivity contribution is 0.590. The van der Waals surface area contributed by atoms with Gasteiger partial charge in [0, 0.05) is 4.83 Å². The van der Waals surface area contributed by atoms with Crippen molar-refractivity contribution in [3.63, 3.8) is 0 Å². The fourth-order valence-corrected chi connectivity index (χ4v) is 2.54. The zero-order valence-corrected chi connectivity index (χ0v) is 13.3. The average Bonchev–Trinajstić information content (AvgIpc) is 2.48. The molecule has 2 rings (SSSR count). The highest BCUT2D eigenvalue weighted by Gasteiger charge is 2.17. The third kappa shape index (κ3) is 4.47. The smallest absolute Gasteiger partial charge is 0.196 e. The predicted molar refractivity (Wildman–Crippen MR) is 88.8 cm³/mol. The fraction of sp³-hybridized carbons (Fsp3) is 0.118. The monoisotopic (exact) mass is 313 g/mol. The van der Waals surface area contributed by atoms with Crippen LogP contribution in [0.15, 0.2) is 65.1 Å². The summed E-state index contributed by atoms with van der Waals surface area (Å²) < 4.78 is 24.0. The lowest BCUT2D eigenvalue weighted by Gasteiger charge is -1.96. The zero-order chi connectivity index (χ0) is 16.0. The van der Waals surface area contributed by atoms with E-state index in [2.05, 4.69) is 15.9 Å². The molecular weight excluding hydrogens is 296 g/mol. The van der Waals surface area contributed by atoms with Gasteiger partial charge in [0.15, 0.2) is 0 Å². The Morgan fingerprint density at radius 3 is 2.36 bits per heavy atom. The number of hydrogen-bond donors (Lipinski definition) is 1. The Labute approximate surface area is 131 Å². The molecule has 1 N–H and O–H groups in total. The summed E-state index contributed by atoms with van der Waals surface area (Å²) in [5.74, 6) is 0. The minimum Gasteiger partial charge on any atom is -0.196 e. The van der Waals surface area contributed by atoms with E-state index in [1.165, 1.54) is 0 Å². The van der Waals surface area contributed by atoms with Gasteiger partial charge in [-0.2, -0.15) is 8.42 Å². The minimum absolute atomic E-state index is 0.174. The molecule has 0 saturated heterocycles. The summed E-state index contributed by atoms with van der Waals surface area (Å²) in [4.78, 5) is 6.01. The normalized spacial score (nSPS) is 11.5. The number of rotatable bonds is 3. The summed E-state index contributed by atoms with van der Waals surface area (Å²) in [5, 5.41) is 0. The molecular formula is C17H17N2O2S+. The van der Waals surface area contributed by atoms with Crippen LogP contribution < -0.4 is 4.83 Å². The molecule has 0 unspecified atom stereocenters. The maximum absolute atomic E-state index is 12.0. The van der Waals surface area contributed by atoms with Gasteiger partial charge in [-0.05, 0) is 37.6 Å². The van der Waals surface area contributed by atoms with Gasteiger partial charge in [-0.3, -0.25) is 0 Å². The molecule has 0 heterocycles. The number of sulfonamides is 1. The van der Waals surface area contributed by atoms with E-state index in [0.29, 0.717) is 0 Å². The van der Waals surface area contributed by atoms with Crippen LogP contribution in [0.2, 0.25) is 0 Å². The van der Waals surface area contributed by atoms with Gasteiger partial charge in [0.25, 0.3) is 0 Å². The Bertz CT molecular complexity index is 828. The van der Waals surface area contributed by atoms with E-state index in [4.69, 9.17) is 0 Å². The van der Waals surface area contributed by atoms with Crippen molar-refractivity contribution in [2.24, 2.45) is 0 Å². The van der Waals surface area contributed by atoms with Crippen LogP contribution in [0.4, 0.5) is 0 Å². The van der Waals surface area contributed by atoms with Crippen LogP contribution in [0.25, 0.3) is 11.0 Å². The van der Waals surface area contributed by atoms with Crippen molar-refractivity contribution in [3.05, 3.63) is 76.3 Å². The van der Waals surface area contributed by atoms with Crippen LogP contribution in [-0.4, -0.2) is 8.42 Å². The van der Waals surface area contributed by atoms with Crippen LogP contribution in [0, 0.1) is 13.0 Å². The molecule has 0 spiro atoms. The first-order valence-electron chi connectivity index (χ1n) is 6.75. The van der Waals surface area contributed by atoms with E-state index in [0.717, 1.165) is 16.7 Å². The minimum atomic E-state index is -3.65. The van der Waals surface area contributed by atoms with E-state index in [1.54, 1.807) is 31.2 Å². The van der Waals surface area contributed by atoms with Gasteiger partial charge in [0.1, 0.15) is 4.95 Å². The molecule has 0 aliphatic carbocycles. The van der Waals surface area contributed by atoms with Crippen LogP contribution >= 0.6 is 0 Å². The summed E-state index contributed by atoms with van der Waals surface area (Å²) in [6.45, 7) is 3.70. The molecule has 0 saturated carbocycles. The molecule has 0 fully saturated rings. The first-order chi connectivity index (χ1) is 10.5. The second-order valence-corrected chi connectivity index (χ2v) is 6.53. The van der Waals surface area contributed by atoms with Crippen molar-refractivity contribution in [2.75, 3.05) is 0 Å². The molecule has 22 heavy (non-hydrogen) atoms. The van der Waals surface area contributed by atoms with Gasteiger partial charge in [-0.1, -0.05) is 48.0 Å². The quantitative estimate of drug-likeness (QED) is 0.695. The highest BCUT2D eigenvalue weighted by Crippen LogP contribution is 2.10. The predicted octanol–water partition coefficient (Wildman–Crippen LogP) is 3.62. The van der Waals surface area contributed by atoms with Gasteiger partial charge in [0.2, 0.25) is 0 Å². The summed E-state index contributed by atoms with van der Waals surface area (Å²) in [5.41, 5.74) is 2.72. The van der Waals surface area contributed by atoms with Crippen LogP contribution in [-0.2, 0) is 10.0 Å². The van der Waals surface area contributed by atoms with Gasteiger partial charge in [0.05, 0.1) is 10.5 Å². The van der Waals surface area contributed by atoms with E-state index >= 15 is 0 Å². The molecule has 112 valence electrons. The fourth-order valence-electron chi connectivity index (χ4n) is 1.77. The Balaban J connectivity index is 2.10. The molecule has 5 heteroatoms. The lowest BCUT2D eigenvalue weighted by Crippen LogP contribution is -2.16. The molecule has 4 nitrogen and oxygen atoms in total. The van der Waals surface area contributed by atoms with Crippen molar-refractivity contribution in [1.29, 1.82) is 0 Å². The maximum Gasteiger partial charge on any atom is 0.353 e. The molecule has 0 aliphatic rings. The van der Waals surface area contributed by atoms with Gasteiger partial charge in [-0.15, -0.1) is 0 Å². The van der Waals surface area contributed by atoms with Crippen molar-refractivity contribution in [2.45, 2.75) is 18.7 Å². The third-order valence-electron chi connectivity index (χ3n) is 2.91. The number of nitrogens with one attached hydrogen (secondary N) is 1. The van der Waals surface area contributed by atoms with Crippen molar-refractivity contribution < 1.29 is 8.42 Å². The van der Waals surface area contributed by atoms with Gasteiger partial charge in [-0.25, -0.2) is 0 Å². The second-order valence-electron chi connectivity index (χ2n) is 4.87. The average molecular weight is 313 g/mol. The highest BCUT2D eigenvalue weighted by molar-refractivity contribution is 7.89. The van der Waals surface area contributed by atoms with Crippen molar-refractivity contribution >= 4 is 16.1 Å². The number of hydrogen-bond acceptors (Lipinski definition) is 2. The first kappa shape index (κ1) is 15.8. The highest BCUT2D eigenvalue weighted by atomic mass is 32.2.